The van der Waals surface area contributed by atoms with Gasteiger partial charge in [-0.25, -0.2) is 9.59 Å². The van der Waals surface area contributed by atoms with Crippen molar-refractivity contribution in [3.05, 3.63) is 46.1 Å². The molecule has 1 N–H and O–H groups in total. The van der Waals surface area contributed by atoms with E-state index in [1.54, 1.807) is 11.8 Å². The fourth-order valence-electron chi connectivity index (χ4n) is 3.04. The highest BCUT2D eigenvalue weighted by Gasteiger charge is 2.32. The number of hydrogen-bond donors (Lipinski definition) is 1. The summed E-state index contributed by atoms with van der Waals surface area (Å²) in [6.45, 7) is 2.34. The van der Waals surface area contributed by atoms with Gasteiger partial charge in [-0.15, -0.1) is 0 Å². The molecule has 1 atom stereocenters. The van der Waals surface area contributed by atoms with Crippen LogP contribution in [0.3, 0.4) is 0 Å². The molecule has 8 heteroatoms. The summed E-state index contributed by atoms with van der Waals surface area (Å²) in [6, 6.07) is 7.20. The smallest absolute Gasteiger partial charge is 0.342 e. The van der Waals surface area contributed by atoms with Crippen molar-refractivity contribution in [1.29, 1.82) is 0 Å². The molecule has 1 aliphatic heterocycles. The highest BCUT2D eigenvalue weighted by Crippen LogP contribution is 2.36. The lowest BCUT2D eigenvalue weighted by molar-refractivity contribution is 0.0601. The van der Waals surface area contributed by atoms with Gasteiger partial charge in [0, 0.05) is 11.6 Å². The van der Waals surface area contributed by atoms with Crippen LogP contribution < -0.4 is 5.32 Å². The van der Waals surface area contributed by atoms with Crippen LogP contribution >= 0.6 is 23.1 Å². The molecule has 0 unspecified atom stereocenters. The molecule has 25 heavy (non-hydrogen) atoms. The van der Waals surface area contributed by atoms with Crippen LogP contribution in [0.4, 0.5) is 9.80 Å². The molecule has 1 fully saturated rings. The Morgan fingerprint density at radius 2 is 2.16 bits per heavy atom. The SMILES string of the molecule is COC(=O)c1c(C)nsc1NC(=O)N1CCC[C@@H]1c1ccccc1Cl. The number of urea groups is 1. The summed E-state index contributed by atoms with van der Waals surface area (Å²) < 4.78 is 8.92. The van der Waals surface area contributed by atoms with E-state index in [-0.39, 0.29) is 12.1 Å². The third kappa shape index (κ3) is 3.48. The van der Waals surface area contributed by atoms with Crippen LogP contribution in [0.5, 0.6) is 0 Å². The first-order chi connectivity index (χ1) is 12.0. The van der Waals surface area contributed by atoms with Gasteiger partial charge in [0.15, 0.2) is 0 Å². The number of esters is 1. The normalized spacial score (nSPS) is 16.8. The number of amides is 2. The van der Waals surface area contributed by atoms with Crippen molar-refractivity contribution in [2.24, 2.45) is 0 Å². The molecule has 132 valence electrons. The highest BCUT2D eigenvalue weighted by molar-refractivity contribution is 7.11. The van der Waals surface area contributed by atoms with Crippen LogP contribution in [0.15, 0.2) is 24.3 Å². The zero-order valence-corrected chi connectivity index (χ0v) is 15.5. The maximum atomic E-state index is 12.8. The number of hydrogen-bond acceptors (Lipinski definition) is 5. The molecule has 1 aliphatic rings. The van der Waals surface area contributed by atoms with Crippen molar-refractivity contribution in [2.75, 3.05) is 19.0 Å². The van der Waals surface area contributed by atoms with Crippen LogP contribution in [0, 0.1) is 6.92 Å². The van der Waals surface area contributed by atoms with E-state index < -0.39 is 5.97 Å². The lowest BCUT2D eigenvalue weighted by Gasteiger charge is -2.25. The average Bonchev–Trinajstić information content (AvgIpc) is 3.22. The Hall–Kier alpha value is -2.12. The molecule has 0 radical (unpaired) electrons. The van der Waals surface area contributed by atoms with E-state index in [0.29, 0.717) is 27.8 Å². The third-order valence-electron chi connectivity index (χ3n) is 4.25. The van der Waals surface area contributed by atoms with Crippen LogP contribution in [0.2, 0.25) is 5.02 Å². The molecule has 3 rings (SSSR count). The van der Waals surface area contributed by atoms with Crippen molar-refractivity contribution in [1.82, 2.24) is 9.27 Å². The summed E-state index contributed by atoms with van der Waals surface area (Å²) in [5, 5.41) is 3.86. The Labute approximate surface area is 154 Å². The van der Waals surface area contributed by atoms with E-state index in [0.717, 1.165) is 29.9 Å². The second-order valence-electron chi connectivity index (χ2n) is 5.77. The van der Waals surface area contributed by atoms with Crippen LogP contribution in [-0.4, -0.2) is 34.9 Å². The molecule has 1 aromatic heterocycles. The lowest BCUT2D eigenvalue weighted by atomic mass is 10.0. The number of carbonyl (C=O) groups excluding carboxylic acids is 2. The molecule has 6 nitrogen and oxygen atoms in total. The van der Waals surface area contributed by atoms with Crippen molar-refractivity contribution in [3.63, 3.8) is 0 Å². The average molecular weight is 380 g/mol. The Morgan fingerprint density at radius 3 is 2.88 bits per heavy atom. The fourth-order valence-corrected chi connectivity index (χ4v) is 4.08. The molecule has 2 heterocycles. The minimum atomic E-state index is -0.509. The van der Waals surface area contributed by atoms with Crippen LogP contribution in [0.1, 0.15) is 40.5 Å². The Kier molecular flexibility index (Phi) is 5.24. The summed E-state index contributed by atoms with van der Waals surface area (Å²) in [5.74, 6) is -0.509. The minimum absolute atomic E-state index is 0.0794. The second-order valence-corrected chi connectivity index (χ2v) is 6.95. The van der Waals surface area contributed by atoms with Gasteiger partial charge >= 0.3 is 12.0 Å². The summed E-state index contributed by atoms with van der Waals surface area (Å²) in [7, 11) is 1.30. The number of benzene rings is 1. The minimum Gasteiger partial charge on any atom is -0.465 e. The van der Waals surface area contributed by atoms with Gasteiger partial charge in [0.25, 0.3) is 0 Å². The van der Waals surface area contributed by atoms with Gasteiger partial charge in [0.05, 0.1) is 18.8 Å². The standard InChI is InChI=1S/C17H18ClN3O3S/c1-10-14(16(22)24-2)15(25-20-10)19-17(23)21-9-5-8-13(21)11-6-3-4-7-12(11)18/h3-4,6-7,13H,5,8-9H2,1-2H3,(H,19,23)/t13-/m1/s1. The molecule has 0 spiro atoms. The number of aromatic nitrogens is 1. The number of aryl methyl sites for hydroxylation is 1. The Balaban J connectivity index is 1.82. The van der Waals surface area contributed by atoms with E-state index in [1.165, 1.54) is 7.11 Å². The number of nitrogens with one attached hydrogen (secondary N) is 1. The molecular formula is C17H18ClN3O3S. The number of nitrogens with zero attached hydrogens (tertiary/aromatic N) is 2. The van der Waals surface area contributed by atoms with Gasteiger partial charge in [-0.3, -0.25) is 5.32 Å². The molecule has 1 aromatic carbocycles. The van der Waals surface area contributed by atoms with E-state index >= 15 is 0 Å². The molecule has 1 saturated heterocycles. The van der Waals surface area contributed by atoms with Crippen molar-refractivity contribution < 1.29 is 14.3 Å². The first-order valence-electron chi connectivity index (χ1n) is 7.89. The van der Waals surface area contributed by atoms with Crippen molar-refractivity contribution in [2.45, 2.75) is 25.8 Å². The predicted molar refractivity (Wildman–Crippen MR) is 97.3 cm³/mol. The molecule has 2 amide bonds. The largest absolute Gasteiger partial charge is 0.465 e. The summed E-state index contributed by atoms with van der Waals surface area (Å²) in [5.41, 5.74) is 1.77. The summed E-state index contributed by atoms with van der Waals surface area (Å²) in [4.78, 5) is 26.4. The maximum Gasteiger partial charge on any atom is 0.342 e. The second kappa shape index (κ2) is 7.41. The quantitative estimate of drug-likeness (QED) is 0.809. The predicted octanol–water partition coefficient (Wildman–Crippen LogP) is 4.26. The first-order valence-corrected chi connectivity index (χ1v) is 9.04. The molecule has 0 saturated carbocycles. The van der Waals surface area contributed by atoms with Gasteiger partial charge in [0.1, 0.15) is 10.6 Å². The number of anilines is 1. The monoisotopic (exact) mass is 379 g/mol. The van der Waals surface area contributed by atoms with Crippen molar-refractivity contribution in [3.8, 4) is 0 Å². The van der Waals surface area contributed by atoms with E-state index in [2.05, 4.69) is 9.69 Å². The topological polar surface area (TPSA) is 71.5 Å². The molecular weight excluding hydrogens is 362 g/mol. The molecule has 2 aromatic rings. The molecule has 0 aliphatic carbocycles. The zero-order valence-electron chi connectivity index (χ0n) is 13.9. The van der Waals surface area contributed by atoms with Gasteiger partial charge in [-0.05, 0) is 42.9 Å². The fraction of sp³-hybridized carbons (Fsp3) is 0.353. The molecule has 0 bridgehead atoms. The van der Waals surface area contributed by atoms with Crippen LogP contribution in [0.25, 0.3) is 0 Å². The van der Waals surface area contributed by atoms with Crippen molar-refractivity contribution >= 4 is 40.1 Å². The van der Waals surface area contributed by atoms with Gasteiger partial charge in [-0.2, -0.15) is 4.37 Å². The third-order valence-corrected chi connectivity index (χ3v) is 5.45. The Bertz CT molecular complexity index is 808. The first kappa shape index (κ1) is 17.7. The maximum absolute atomic E-state index is 12.8. The number of likely N-dealkylation sites (tertiary alicyclic amines) is 1. The summed E-state index contributed by atoms with van der Waals surface area (Å²) in [6.07, 6.45) is 1.75. The van der Waals surface area contributed by atoms with Gasteiger partial charge in [-0.1, -0.05) is 29.8 Å². The highest BCUT2D eigenvalue weighted by atomic mass is 35.5. The lowest BCUT2D eigenvalue weighted by Crippen LogP contribution is -2.34. The van der Waals surface area contributed by atoms with Gasteiger partial charge in [0.2, 0.25) is 0 Å². The number of ether oxygens (including phenoxy) is 1. The number of halogens is 1. The number of rotatable bonds is 3. The van der Waals surface area contributed by atoms with E-state index in [1.807, 2.05) is 24.3 Å². The van der Waals surface area contributed by atoms with E-state index in [9.17, 15) is 9.59 Å². The Morgan fingerprint density at radius 1 is 1.40 bits per heavy atom. The number of methoxy groups -OCH3 is 1. The zero-order chi connectivity index (χ0) is 18.0. The number of carbonyl (C=O) groups is 2. The van der Waals surface area contributed by atoms with Crippen LogP contribution in [-0.2, 0) is 4.74 Å². The van der Waals surface area contributed by atoms with Gasteiger partial charge < -0.3 is 9.64 Å². The van der Waals surface area contributed by atoms with E-state index in [4.69, 9.17) is 16.3 Å². The summed E-state index contributed by atoms with van der Waals surface area (Å²) >= 11 is 7.37.